The van der Waals surface area contributed by atoms with E-state index >= 15 is 0 Å². The van der Waals surface area contributed by atoms with E-state index in [9.17, 15) is 0 Å². The van der Waals surface area contributed by atoms with E-state index in [1.54, 1.807) is 7.11 Å². The van der Waals surface area contributed by atoms with Gasteiger partial charge in [-0.15, -0.1) is 0 Å². The van der Waals surface area contributed by atoms with Crippen LogP contribution < -0.4 is 15.0 Å². The van der Waals surface area contributed by atoms with Crippen molar-refractivity contribution in [3.63, 3.8) is 0 Å². The van der Waals surface area contributed by atoms with Gasteiger partial charge in [-0.05, 0) is 46.4 Å². The van der Waals surface area contributed by atoms with E-state index < -0.39 is 0 Å². The van der Waals surface area contributed by atoms with Crippen LogP contribution in [0.2, 0.25) is 0 Å². The van der Waals surface area contributed by atoms with Gasteiger partial charge < -0.3 is 15.0 Å². The van der Waals surface area contributed by atoms with E-state index in [0.29, 0.717) is 6.04 Å². The average Bonchev–Trinajstić information content (AvgIpc) is 2.42. The highest BCUT2D eigenvalue weighted by atomic mass is 16.5. The Bertz CT molecular complexity index is 390. The van der Waals surface area contributed by atoms with Gasteiger partial charge in [0.25, 0.3) is 0 Å². The first-order chi connectivity index (χ1) is 9.06. The number of ether oxygens (including phenoxy) is 1. The standard InChI is InChI=1S/C16H28N2O/c1-7-11-18(12(2)3)14-9-8-10-15(19-6)16(14)13(4)17-5/h8-10,12-13,17H,7,11H2,1-6H3. The topological polar surface area (TPSA) is 24.5 Å². The highest BCUT2D eigenvalue weighted by Gasteiger charge is 2.20. The van der Waals surface area contributed by atoms with Crippen LogP contribution in [-0.4, -0.2) is 26.7 Å². The van der Waals surface area contributed by atoms with Crippen LogP contribution >= 0.6 is 0 Å². The molecule has 1 aromatic rings. The highest BCUT2D eigenvalue weighted by molar-refractivity contribution is 5.61. The minimum Gasteiger partial charge on any atom is -0.496 e. The van der Waals surface area contributed by atoms with Gasteiger partial charge in [0, 0.05) is 29.9 Å². The van der Waals surface area contributed by atoms with Crippen molar-refractivity contribution in [2.45, 2.75) is 46.2 Å². The largest absolute Gasteiger partial charge is 0.496 e. The average molecular weight is 264 g/mol. The minimum absolute atomic E-state index is 0.268. The number of methoxy groups -OCH3 is 1. The molecule has 0 fully saturated rings. The van der Waals surface area contributed by atoms with Gasteiger partial charge in [0.1, 0.15) is 5.75 Å². The first kappa shape index (κ1) is 15.8. The lowest BCUT2D eigenvalue weighted by atomic mass is 10.0. The van der Waals surface area contributed by atoms with Crippen molar-refractivity contribution >= 4 is 5.69 Å². The zero-order chi connectivity index (χ0) is 14.4. The van der Waals surface area contributed by atoms with Crippen molar-refractivity contribution in [1.82, 2.24) is 5.32 Å². The molecule has 0 aromatic heterocycles. The summed E-state index contributed by atoms with van der Waals surface area (Å²) in [6.07, 6.45) is 1.14. The fourth-order valence-corrected chi connectivity index (χ4v) is 2.44. The van der Waals surface area contributed by atoms with Crippen molar-refractivity contribution in [2.75, 3.05) is 25.6 Å². The van der Waals surface area contributed by atoms with Crippen molar-refractivity contribution in [1.29, 1.82) is 0 Å². The second kappa shape index (κ2) is 7.39. The fraction of sp³-hybridized carbons (Fsp3) is 0.625. The quantitative estimate of drug-likeness (QED) is 0.814. The van der Waals surface area contributed by atoms with E-state index in [1.807, 2.05) is 13.1 Å². The Balaban J connectivity index is 3.31. The maximum absolute atomic E-state index is 5.55. The van der Waals surface area contributed by atoms with Gasteiger partial charge in [0.05, 0.1) is 7.11 Å². The molecule has 0 aliphatic heterocycles. The van der Waals surface area contributed by atoms with Crippen LogP contribution in [0.5, 0.6) is 5.75 Å². The maximum Gasteiger partial charge on any atom is 0.125 e. The molecule has 0 spiro atoms. The molecule has 0 aliphatic rings. The van der Waals surface area contributed by atoms with Crippen LogP contribution in [-0.2, 0) is 0 Å². The number of anilines is 1. The zero-order valence-electron chi connectivity index (χ0n) is 13.2. The molecule has 0 bridgehead atoms. The van der Waals surface area contributed by atoms with Crippen LogP contribution in [0.3, 0.4) is 0 Å². The normalized spacial score (nSPS) is 12.6. The minimum atomic E-state index is 0.268. The van der Waals surface area contributed by atoms with Gasteiger partial charge in [-0.3, -0.25) is 0 Å². The third-order valence-electron chi connectivity index (χ3n) is 3.53. The summed E-state index contributed by atoms with van der Waals surface area (Å²) in [6, 6.07) is 7.06. The zero-order valence-corrected chi connectivity index (χ0v) is 13.2. The van der Waals surface area contributed by atoms with Crippen LogP contribution in [0, 0.1) is 0 Å². The van der Waals surface area contributed by atoms with Gasteiger partial charge in [-0.2, -0.15) is 0 Å². The Labute approximate surface area is 118 Å². The molecule has 1 unspecified atom stereocenters. The van der Waals surface area contributed by atoms with Gasteiger partial charge >= 0.3 is 0 Å². The summed E-state index contributed by atoms with van der Waals surface area (Å²) in [5.74, 6) is 0.959. The second-order valence-corrected chi connectivity index (χ2v) is 5.19. The predicted octanol–water partition coefficient (Wildman–Crippen LogP) is 3.60. The Morgan fingerprint density at radius 2 is 1.95 bits per heavy atom. The summed E-state index contributed by atoms with van der Waals surface area (Å²) < 4.78 is 5.55. The molecule has 1 aromatic carbocycles. The molecule has 3 heteroatoms. The predicted molar refractivity (Wildman–Crippen MR) is 83.2 cm³/mol. The molecule has 0 saturated carbocycles. The smallest absolute Gasteiger partial charge is 0.125 e. The van der Waals surface area contributed by atoms with Gasteiger partial charge in [0.15, 0.2) is 0 Å². The summed E-state index contributed by atoms with van der Waals surface area (Å²) in [6.45, 7) is 9.93. The van der Waals surface area contributed by atoms with E-state index in [0.717, 1.165) is 18.7 Å². The number of hydrogen-bond donors (Lipinski definition) is 1. The summed E-state index contributed by atoms with van der Waals surface area (Å²) in [5.41, 5.74) is 2.52. The van der Waals surface area contributed by atoms with E-state index in [1.165, 1.54) is 11.3 Å². The molecule has 0 radical (unpaired) electrons. The molecule has 0 heterocycles. The molecular weight excluding hydrogens is 236 g/mol. The number of benzene rings is 1. The van der Waals surface area contributed by atoms with Crippen molar-refractivity contribution < 1.29 is 4.74 Å². The second-order valence-electron chi connectivity index (χ2n) is 5.19. The van der Waals surface area contributed by atoms with Gasteiger partial charge in [0.2, 0.25) is 0 Å². The molecule has 0 saturated heterocycles. The molecule has 1 atom stereocenters. The third kappa shape index (κ3) is 3.63. The molecule has 19 heavy (non-hydrogen) atoms. The van der Waals surface area contributed by atoms with Crippen LogP contribution in [0.25, 0.3) is 0 Å². The van der Waals surface area contributed by atoms with Crippen LogP contribution in [0.4, 0.5) is 5.69 Å². The van der Waals surface area contributed by atoms with E-state index in [2.05, 4.69) is 50.0 Å². The molecule has 0 amide bonds. The lowest BCUT2D eigenvalue weighted by molar-refractivity contribution is 0.403. The van der Waals surface area contributed by atoms with Crippen LogP contribution in [0.1, 0.15) is 45.7 Å². The number of nitrogens with zero attached hydrogens (tertiary/aromatic N) is 1. The molecular formula is C16H28N2O. The molecule has 1 rings (SSSR count). The number of rotatable bonds is 7. The molecule has 1 N–H and O–H groups in total. The summed E-state index contributed by atoms with van der Waals surface area (Å²) >= 11 is 0. The summed E-state index contributed by atoms with van der Waals surface area (Å²) in [5, 5.41) is 3.33. The SMILES string of the molecule is CCCN(c1cccc(OC)c1C(C)NC)C(C)C. The lowest BCUT2D eigenvalue weighted by Crippen LogP contribution is -2.33. The monoisotopic (exact) mass is 264 g/mol. The van der Waals surface area contributed by atoms with Crippen molar-refractivity contribution in [2.24, 2.45) is 0 Å². The molecule has 0 aliphatic carbocycles. The molecule has 3 nitrogen and oxygen atoms in total. The molecule has 108 valence electrons. The first-order valence-corrected chi connectivity index (χ1v) is 7.17. The fourth-order valence-electron chi connectivity index (χ4n) is 2.44. The van der Waals surface area contributed by atoms with E-state index in [4.69, 9.17) is 4.74 Å². The Morgan fingerprint density at radius 3 is 2.42 bits per heavy atom. The number of hydrogen-bond acceptors (Lipinski definition) is 3. The Morgan fingerprint density at radius 1 is 1.26 bits per heavy atom. The van der Waals surface area contributed by atoms with Crippen molar-refractivity contribution in [3.8, 4) is 5.75 Å². The summed E-state index contributed by atoms with van der Waals surface area (Å²) in [7, 11) is 3.73. The van der Waals surface area contributed by atoms with Crippen LogP contribution in [0.15, 0.2) is 18.2 Å². The van der Waals surface area contributed by atoms with Crippen molar-refractivity contribution in [3.05, 3.63) is 23.8 Å². The summed E-state index contributed by atoms with van der Waals surface area (Å²) in [4.78, 5) is 2.45. The lowest BCUT2D eigenvalue weighted by Gasteiger charge is -2.32. The van der Waals surface area contributed by atoms with Gasteiger partial charge in [-0.1, -0.05) is 13.0 Å². The first-order valence-electron chi connectivity index (χ1n) is 7.17. The third-order valence-corrected chi connectivity index (χ3v) is 3.53. The maximum atomic E-state index is 5.55. The number of nitrogens with one attached hydrogen (secondary N) is 1. The Kier molecular flexibility index (Phi) is 6.16. The van der Waals surface area contributed by atoms with E-state index in [-0.39, 0.29) is 6.04 Å². The highest BCUT2D eigenvalue weighted by Crippen LogP contribution is 2.35. The Hall–Kier alpha value is -1.22. The van der Waals surface area contributed by atoms with Gasteiger partial charge in [-0.25, -0.2) is 0 Å².